The highest BCUT2D eigenvalue weighted by Gasteiger charge is 2.25. The number of aromatic amines is 1. The van der Waals surface area contributed by atoms with Crippen molar-refractivity contribution < 1.29 is 9.53 Å². The lowest BCUT2D eigenvalue weighted by atomic mass is 9.88. The van der Waals surface area contributed by atoms with E-state index in [4.69, 9.17) is 9.72 Å². The Balaban J connectivity index is 1.51. The molecule has 36 heavy (non-hydrogen) atoms. The van der Waals surface area contributed by atoms with Gasteiger partial charge >= 0.3 is 5.97 Å². The third-order valence-electron chi connectivity index (χ3n) is 7.11. The lowest BCUT2D eigenvalue weighted by Crippen LogP contribution is -2.25. The molecule has 0 aliphatic heterocycles. The Labute approximate surface area is 212 Å². The van der Waals surface area contributed by atoms with Crippen LogP contribution >= 0.6 is 0 Å². The van der Waals surface area contributed by atoms with Crippen LogP contribution in [0.25, 0.3) is 33.7 Å². The number of rotatable bonds is 4. The van der Waals surface area contributed by atoms with Crippen LogP contribution in [-0.4, -0.2) is 36.3 Å². The maximum atomic E-state index is 12.6. The predicted molar refractivity (Wildman–Crippen MR) is 142 cm³/mol. The second kappa shape index (κ2) is 9.19. The van der Waals surface area contributed by atoms with E-state index in [1.165, 1.54) is 11.1 Å². The molecule has 0 spiro atoms. The minimum absolute atomic E-state index is 0.119. The van der Waals surface area contributed by atoms with Crippen LogP contribution in [0.1, 0.15) is 74.9 Å². The Morgan fingerprint density at radius 3 is 2.72 bits per heavy atom. The van der Waals surface area contributed by atoms with Gasteiger partial charge in [0.2, 0.25) is 0 Å². The van der Waals surface area contributed by atoms with Gasteiger partial charge in [-0.1, -0.05) is 24.6 Å². The minimum atomic E-state index is -0.461. The van der Waals surface area contributed by atoms with E-state index >= 15 is 0 Å². The molecule has 0 bridgehead atoms. The van der Waals surface area contributed by atoms with Crippen LogP contribution in [0.3, 0.4) is 0 Å². The largest absolute Gasteiger partial charge is 0.460 e. The summed E-state index contributed by atoms with van der Waals surface area (Å²) in [6.45, 7) is 9.82. The van der Waals surface area contributed by atoms with Gasteiger partial charge in [0.15, 0.2) is 5.65 Å². The van der Waals surface area contributed by atoms with Gasteiger partial charge in [0.05, 0.1) is 23.2 Å². The van der Waals surface area contributed by atoms with E-state index in [-0.39, 0.29) is 11.9 Å². The summed E-state index contributed by atoms with van der Waals surface area (Å²) < 4.78 is 7.51. The molecule has 0 amide bonds. The summed E-state index contributed by atoms with van der Waals surface area (Å²) in [4.78, 5) is 25.5. The molecule has 3 heterocycles. The molecule has 0 radical (unpaired) electrons. The van der Waals surface area contributed by atoms with Crippen LogP contribution in [0.5, 0.6) is 0 Å². The first-order valence-corrected chi connectivity index (χ1v) is 12.8. The first-order chi connectivity index (χ1) is 17.1. The third kappa shape index (κ3) is 4.66. The SMILES string of the molecule is Cc1nn(C)c(C)c1-c1nc2nccc(-c3ccc4c(c3)CCCCC4CC(=O)OC(C)(C)C)c2[nH]1. The molecule has 1 unspecified atom stereocenters. The maximum Gasteiger partial charge on any atom is 0.306 e. The standard InChI is InChI=1S/C29H35N5O2/c1-17-25(18(2)34(6)33-17)27-31-26-23(13-14-30-28(26)32-27)21-11-12-22-19(15-21)9-7-8-10-20(22)16-24(35)36-29(3,4)5/h11-15,20H,7-10,16H2,1-6H3,(H,30,31,32). The van der Waals surface area contributed by atoms with E-state index in [2.05, 4.69) is 40.2 Å². The van der Waals surface area contributed by atoms with Crippen molar-refractivity contribution in [3.63, 3.8) is 0 Å². The second-order valence-electron chi connectivity index (χ2n) is 11.0. The van der Waals surface area contributed by atoms with Crippen molar-refractivity contribution in [1.29, 1.82) is 0 Å². The molecule has 5 rings (SSSR count). The van der Waals surface area contributed by atoms with E-state index < -0.39 is 5.60 Å². The minimum Gasteiger partial charge on any atom is -0.460 e. The Bertz CT molecular complexity index is 1440. The zero-order valence-corrected chi connectivity index (χ0v) is 22.1. The van der Waals surface area contributed by atoms with Gasteiger partial charge in [-0.25, -0.2) is 9.97 Å². The molecule has 0 fully saturated rings. The van der Waals surface area contributed by atoms with Crippen LogP contribution in [0.15, 0.2) is 30.5 Å². The van der Waals surface area contributed by atoms with Crippen LogP contribution in [0.2, 0.25) is 0 Å². The Kier molecular flexibility index (Phi) is 6.18. The Morgan fingerprint density at radius 1 is 1.19 bits per heavy atom. The number of pyridine rings is 1. The molecule has 3 aromatic heterocycles. The summed E-state index contributed by atoms with van der Waals surface area (Å²) >= 11 is 0. The lowest BCUT2D eigenvalue weighted by Gasteiger charge is -2.23. The number of ether oxygens (including phenoxy) is 1. The molecule has 1 atom stereocenters. The predicted octanol–water partition coefficient (Wildman–Crippen LogP) is 6.18. The first kappa shape index (κ1) is 24.2. The van der Waals surface area contributed by atoms with Crippen molar-refractivity contribution in [2.75, 3.05) is 0 Å². The number of benzene rings is 1. The van der Waals surface area contributed by atoms with Gasteiger partial charge < -0.3 is 9.72 Å². The molecule has 0 saturated carbocycles. The topological polar surface area (TPSA) is 85.7 Å². The zero-order valence-electron chi connectivity index (χ0n) is 22.1. The number of hydrogen-bond donors (Lipinski definition) is 1. The van der Waals surface area contributed by atoms with E-state index in [1.54, 1.807) is 0 Å². The molecule has 0 saturated heterocycles. The van der Waals surface area contributed by atoms with Gasteiger partial charge in [-0.2, -0.15) is 5.10 Å². The quantitative estimate of drug-likeness (QED) is 0.275. The molecule has 7 nitrogen and oxygen atoms in total. The highest BCUT2D eigenvalue weighted by atomic mass is 16.6. The molecule has 188 valence electrons. The monoisotopic (exact) mass is 485 g/mol. The zero-order chi connectivity index (χ0) is 25.6. The van der Waals surface area contributed by atoms with E-state index in [0.717, 1.165) is 65.1 Å². The van der Waals surface area contributed by atoms with Crippen molar-refractivity contribution >= 4 is 17.1 Å². The summed E-state index contributed by atoms with van der Waals surface area (Å²) in [5.74, 6) is 0.866. The smallest absolute Gasteiger partial charge is 0.306 e. The average Bonchev–Trinajstić information content (AvgIpc) is 3.26. The van der Waals surface area contributed by atoms with Gasteiger partial charge in [-0.3, -0.25) is 9.48 Å². The van der Waals surface area contributed by atoms with Crippen molar-refractivity contribution in [2.45, 2.75) is 78.2 Å². The number of carbonyl (C=O) groups is 1. The summed E-state index contributed by atoms with van der Waals surface area (Å²) in [5.41, 5.74) is 9.00. The van der Waals surface area contributed by atoms with Crippen molar-refractivity contribution in [3.05, 3.63) is 53.0 Å². The molecule has 1 aromatic carbocycles. The Morgan fingerprint density at radius 2 is 2.00 bits per heavy atom. The molecule has 4 aromatic rings. The number of nitrogens with zero attached hydrogens (tertiary/aromatic N) is 4. The fourth-order valence-electron chi connectivity index (χ4n) is 5.43. The number of aromatic nitrogens is 5. The fraction of sp³-hybridized carbons (Fsp3) is 0.448. The molecule has 1 N–H and O–H groups in total. The van der Waals surface area contributed by atoms with E-state index in [0.29, 0.717) is 12.1 Å². The number of H-pyrrole nitrogens is 1. The summed E-state index contributed by atoms with van der Waals surface area (Å²) in [7, 11) is 1.95. The van der Waals surface area contributed by atoms with Gasteiger partial charge in [0.1, 0.15) is 11.4 Å². The summed E-state index contributed by atoms with van der Waals surface area (Å²) in [6.07, 6.45) is 6.52. The molecule has 7 heteroatoms. The van der Waals surface area contributed by atoms with Crippen molar-refractivity contribution in [1.82, 2.24) is 24.7 Å². The molecular formula is C29H35N5O2. The fourth-order valence-corrected chi connectivity index (χ4v) is 5.43. The van der Waals surface area contributed by atoms with Gasteiger partial charge in [0, 0.05) is 24.5 Å². The highest BCUT2D eigenvalue weighted by molar-refractivity contribution is 5.92. The van der Waals surface area contributed by atoms with Crippen LogP contribution in [-0.2, 0) is 23.0 Å². The van der Waals surface area contributed by atoms with Crippen LogP contribution < -0.4 is 0 Å². The molecular weight excluding hydrogens is 450 g/mol. The normalized spacial score (nSPS) is 16.1. The van der Waals surface area contributed by atoms with Crippen molar-refractivity contribution in [2.24, 2.45) is 7.05 Å². The first-order valence-electron chi connectivity index (χ1n) is 12.8. The van der Waals surface area contributed by atoms with Crippen LogP contribution in [0, 0.1) is 13.8 Å². The van der Waals surface area contributed by atoms with Gasteiger partial charge in [-0.05, 0) is 82.6 Å². The number of hydrogen-bond acceptors (Lipinski definition) is 5. The van der Waals surface area contributed by atoms with Gasteiger partial charge in [0.25, 0.3) is 0 Å². The molecule has 1 aliphatic carbocycles. The van der Waals surface area contributed by atoms with Crippen LogP contribution in [0.4, 0.5) is 0 Å². The number of carbonyl (C=O) groups excluding carboxylic acids is 1. The lowest BCUT2D eigenvalue weighted by molar-refractivity contribution is -0.155. The maximum absolute atomic E-state index is 12.6. The third-order valence-corrected chi connectivity index (χ3v) is 7.11. The van der Waals surface area contributed by atoms with Crippen molar-refractivity contribution in [3.8, 4) is 22.5 Å². The number of imidazole rings is 1. The number of esters is 1. The second-order valence-corrected chi connectivity index (χ2v) is 11.0. The molecule has 1 aliphatic rings. The number of fused-ring (bicyclic) bond motifs is 2. The average molecular weight is 486 g/mol. The summed E-state index contributed by atoms with van der Waals surface area (Å²) in [5, 5.41) is 4.55. The summed E-state index contributed by atoms with van der Waals surface area (Å²) in [6, 6.07) is 8.72. The van der Waals surface area contributed by atoms with E-state index in [1.807, 2.05) is 51.7 Å². The Hall–Kier alpha value is -3.48. The van der Waals surface area contributed by atoms with E-state index in [9.17, 15) is 4.79 Å². The highest BCUT2D eigenvalue weighted by Crippen LogP contribution is 2.37. The number of nitrogens with one attached hydrogen (secondary N) is 1. The van der Waals surface area contributed by atoms with Gasteiger partial charge in [-0.15, -0.1) is 0 Å². The number of aryl methyl sites for hydroxylation is 3.